The minimum absolute atomic E-state index is 0.327. The average molecular weight is 318 g/mol. The van der Waals surface area contributed by atoms with Crippen LogP contribution in [0.4, 0.5) is 5.69 Å². The van der Waals surface area contributed by atoms with Crippen molar-refractivity contribution in [2.75, 3.05) is 44.7 Å². The summed E-state index contributed by atoms with van der Waals surface area (Å²) in [5.41, 5.74) is 2.62. The Kier molecular flexibility index (Phi) is 7.20. The summed E-state index contributed by atoms with van der Waals surface area (Å²) in [5, 5.41) is 6.74. The van der Waals surface area contributed by atoms with E-state index in [4.69, 9.17) is 4.74 Å². The molecule has 2 rings (SSSR count). The van der Waals surface area contributed by atoms with Gasteiger partial charge in [0, 0.05) is 45.5 Å². The quantitative estimate of drug-likeness (QED) is 0.597. The first kappa shape index (κ1) is 17.6. The Balaban J connectivity index is 1.76. The van der Waals surface area contributed by atoms with E-state index >= 15 is 0 Å². The fraction of sp³-hybridized carbons (Fsp3) is 0.611. The molecule has 1 aliphatic rings. The van der Waals surface area contributed by atoms with Crippen LogP contribution in [-0.4, -0.2) is 51.9 Å². The Morgan fingerprint density at radius 2 is 2.17 bits per heavy atom. The molecule has 1 fully saturated rings. The molecule has 0 amide bonds. The third-order valence-electron chi connectivity index (χ3n) is 4.26. The third kappa shape index (κ3) is 5.43. The molecule has 2 N–H and O–H groups in total. The van der Waals surface area contributed by atoms with Crippen LogP contribution < -0.4 is 15.5 Å². The number of para-hydroxylation sites is 1. The maximum Gasteiger partial charge on any atom is 0.191 e. The van der Waals surface area contributed by atoms with E-state index in [2.05, 4.69) is 58.6 Å². The molecule has 0 spiro atoms. The molecule has 5 nitrogen and oxygen atoms in total. The van der Waals surface area contributed by atoms with Gasteiger partial charge in [0.25, 0.3) is 0 Å². The second-order valence-electron chi connectivity index (χ2n) is 5.88. The highest BCUT2D eigenvalue weighted by molar-refractivity contribution is 5.79. The van der Waals surface area contributed by atoms with Gasteiger partial charge in [0.2, 0.25) is 0 Å². The van der Waals surface area contributed by atoms with Crippen LogP contribution in [-0.2, 0) is 4.74 Å². The number of guanidine groups is 1. The lowest BCUT2D eigenvalue weighted by Crippen LogP contribution is -2.44. The van der Waals surface area contributed by atoms with Crippen LogP contribution in [0.15, 0.2) is 29.3 Å². The normalized spacial score (nSPS) is 18.0. The number of nitrogens with zero attached hydrogens (tertiary/aromatic N) is 2. The first-order valence-corrected chi connectivity index (χ1v) is 8.61. The van der Waals surface area contributed by atoms with Crippen LogP contribution in [0.2, 0.25) is 0 Å². The first-order valence-electron chi connectivity index (χ1n) is 8.61. The molecular weight excluding hydrogens is 288 g/mol. The van der Waals surface area contributed by atoms with E-state index in [9.17, 15) is 0 Å². The molecule has 0 aromatic heterocycles. The smallest absolute Gasteiger partial charge is 0.191 e. The number of hydrogen-bond acceptors (Lipinski definition) is 3. The molecule has 0 saturated carbocycles. The maximum absolute atomic E-state index is 5.63. The van der Waals surface area contributed by atoms with Crippen molar-refractivity contribution in [3.8, 4) is 0 Å². The van der Waals surface area contributed by atoms with Crippen molar-refractivity contribution in [1.82, 2.24) is 10.6 Å². The summed E-state index contributed by atoms with van der Waals surface area (Å²) in [6.07, 6.45) is 2.63. The van der Waals surface area contributed by atoms with Crippen LogP contribution in [0.3, 0.4) is 0 Å². The maximum atomic E-state index is 5.63. The Bertz CT molecular complexity index is 498. The molecule has 23 heavy (non-hydrogen) atoms. The van der Waals surface area contributed by atoms with Crippen molar-refractivity contribution in [3.05, 3.63) is 29.8 Å². The molecule has 1 aliphatic heterocycles. The van der Waals surface area contributed by atoms with Crippen LogP contribution in [0.5, 0.6) is 0 Å². The zero-order valence-corrected chi connectivity index (χ0v) is 14.6. The highest BCUT2D eigenvalue weighted by Crippen LogP contribution is 2.18. The largest absolute Gasteiger partial charge is 0.376 e. The molecule has 1 unspecified atom stereocenters. The molecule has 0 bridgehead atoms. The molecule has 1 atom stereocenters. The summed E-state index contributed by atoms with van der Waals surface area (Å²) in [5.74, 6) is 0.848. The van der Waals surface area contributed by atoms with Gasteiger partial charge in [-0.3, -0.25) is 4.99 Å². The van der Waals surface area contributed by atoms with Crippen LogP contribution >= 0.6 is 0 Å². The van der Waals surface area contributed by atoms with Gasteiger partial charge in [-0.15, -0.1) is 0 Å². The van der Waals surface area contributed by atoms with Crippen molar-refractivity contribution in [3.63, 3.8) is 0 Å². The van der Waals surface area contributed by atoms with Crippen molar-refractivity contribution < 1.29 is 4.74 Å². The lowest BCUT2D eigenvalue weighted by atomic mass is 10.2. The number of hydrogen-bond donors (Lipinski definition) is 2. The molecule has 1 saturated heterocycles. The number of benzene rings is 1. The van der Waals surface area contributed by atoms with E-state index in [-0.39, 0.29) is 0 Å². The average Bonchev–Trinajstić information content (AvgIpc) is 3.09. The van der Waals surface area contributed by atoms with Gasteiger partial charge in [0.1, 0.15) is 0 Å². The highest BCUT2D eigenvalue weighted by atomic mass is 16.5. The third-order valence-corrected chi connectivity index (χ3v) is 4.26. The van der Waals surface area contributed by atoms with E-state index in [0.717, 1.165) is 45.2 Å². The van der Waals surface area contributed by atoms with Gasteiger partial charge in [0.15, 0.2) is 5.96 Å². The number of aryl methyl sites for hydroxylation is 1. The topological polar surface area (TPSA) is 48.9 Å². The van der Waals surface area contributed by atoms with E-state index < -0.39 is 0 Å². The fourth-order valence-corrected chi connectivity index (χ4v) is 2.91. The predicted octanol–water partition coefficient (Wildman–Crippen LogP) is 2.17. The van der Waals surface area contributed by atoms with Crippen molar-refractivity contribution in [2.24, 2.45) is 4.99 Å². The fourth-order valence-electron chi connectivity index (χ4n) is 2.91. The predicted molar refractivity (Wildman–Crippen MR) is 97.4 cm³/mol. The summed E-state index contributed by atoms with van der Waals surface area (Å²) in [6.45, 7) is 8.86. The van der Waals surface area contributed by atoms with Gasteiger partial charge >= 0.3 is 0 Å². The molecule has 5 heteroatoms. The van der Waals surface area contributed by atoms with Crippen LogP contribution in [0, 0.1) is 6.92 Å². The molecule has 0 radical (unpaired) electrons. The monoisotopic (exact) mass is 318 g/mol. The van der Waals surface area contributed by atoms with E-state index in [1.807, 2.05) is 7.05 Å². The number of rotatable bonds is 7. The molecule has 1 aromatic rings. The standard InChI is InChI=1S/C18H30N4O/c1-4-22(17-10-6-5-8-15(17)2)12-11-20-18(19-3)21-14-16-9-7-13-23-16/h5-6,8,10,16H,4,7,9,11-14H2,1-3H3,(H2,19,20,21). The number of ether oxygens (including phenoxy) is 1. The van der Waals surface area contributed by atoms with Crippen LogP contribution in [0.1, 0.15) is 25.3 Å². The Morgan fingerprint density at radius 3 is 2.83 bits per heavy atom. The number of likely N-dealkylation sites (N-methyl/N-ethyl adjacent to an activating group) is 1. The number of nitrogens with one attached hydrogen (secondary N) is 2. The van der Waals surface area contributed by atoms with Gasteiger partial charge in [-0.25, -0.2) is 0 Å². The van der Waals surface area contributed by atoms with E-state index in [1.165, 1.54) is 17.7 Å². The van der Waals surface area contributed by atoms with Gasteiger partial charge < -0.3 is 20.3 Å². The van der Waals surface area contributed by atoms with Gasteiger partial charge in [-0.2, -0.15) is 0 Å². The van der Waals surface area contributed by atoms with Gasteiger partial charge in [-0.1, -0.05) is 18.2 Å². The first-order chi connectivity index (χ1) is 11.2. The molecule has 1 aromatic carbocycles. The molecule has 1 heterocycles. The molecule has 128 valence electrons. The Hall–Kier alpha value is -1.75. The zero-order chi connectivity index (χ0) is 16.5. The zero-order valence-electron chi connectivity index (χ0n) is 14.6. The summed E-state index contributed by atoms with van der Waals surface area (Å²) >= 11 is 0. The van der Waals surface area contributed by atoms with Crippen molar-refractivity contribution in [2.45, 2.75) is 32.8 Å². The number of aliphatic imine (C=N–C) groups is 1. The summed E-state index contributed by atoms with van der Waals surface area (Å²) in [6, 6.07) is 8.53. The highest BCUT2D eigenvalue weighted by Gasteiger charge is 2.15. The minimum Gasteiger partial charge on any atom is -0.376 e. The van der Waals surface area contributed by atoms with Crippen molar-refractivity contribution in [1.29, 1.82) is 0 Å². The molecular formula is C18H30N4O. The Labute approximate surface area is 140 Å². The summed E-state index contributed by atoms with van der Waals surface area (Å²) < 4.78 is 5.63. The van der Waals surface area contributed by atoms with Gasteiger partial charge in [-0.05, 0) is 38.3 Å². The lowest BCUT2D eigenvalue weighted by molar-refractivity contribution is 0.114. The van der Waals surface area contributed by atoms with E-state index in [0.29, 0.717) is 6.10 Å². The van der Waals surface area contributed by atoms with Crippen molar-refractivity contribution >= 4 is 11.6 Å². The molecule has 0 aliphatic carbocycles. The second-order valence-corrected chi connectivity index (χ2v) is 5.88. The lowest BCUT2D eigenvalue weighted by Gasteiger charge is -2.25. The minimum atomic E-state index is 0.327. The SMILES string of the molecule is CCN(CCNC(=NC)NCC1CCCO1)c1ccccc1C. The second kappa shape index (κ2) is 9.40. The summed E-state index contributed by atoms with van der Waals surface area (Å²) in [7, 11) is 1.81. The Morgan fingerprint density at radius 1 is 1.35 bits per heavy atom. The summed E-state index contributed by atoms with van der Waals surface area (Å²) in [4.78, 5) is 6.67. The van der Waals surface area contributed by atoms with Crippen LogP contribution in [0.25, 0.3) is 0 Å². The number of anilines is 1. The van der Waals surface area contributed by atoms with Gasteiger partial charge in [0.05, 0.1) is 6.10 Å². The van der Waals surface area contributed by atoms with E-state index in [1.54, 1.807) is 0 Å².